The van der Waals surface area contributed by atoms with Crippen LogP contribution >= 0.6 is 12.4 Å². The Morgan fingerprint density at radius 2 is 1.22 bits per heavy atom. The number of benzene rings is 4. The maximum atomic E-state index is 12.5. The van der Waals surface area contributed by atoms with Crippen LogP contribution < -0.4 is 22.3 Å². The molecule has 0 aliphatic heterocycles. The number of halogens is 1. The Morgan fingerprint density at radius 3 is 1.72 bits per heavy atom. The van der Waals surface area contributed by atoms with Gasteiger partial charge in [0, 0.05) is 51.0 Å². The molecule has 6 N–H and O–H groups in total. The third-order valence-corrected chi connectivity index (χ3v) is 13.2. The van der Waals surface area contributed by atoms with Gasteiger partial charge in [-0.15, -0.1) is 22.6 Å². The molecule has 2 fully saturated rings. The largest absolute Gasteiger partial charge is 0.444 e. The van der Waals surface area contributed by atoms with Crippen LogP contribution in [0.15, 0.2) is 146 Å². The molecule has 2 aliphatic rings. The van der Waals surface area contributed by atoms with E-state index in [0.717, 1.165) is 110 Å². The van der Waals surface area contributed by atoms with Gasteiger partial charge in [0.2, 0.25) is 0 Å². The zero-order valence-electron chi connectivity index (χ0n) is 38.7. The van der Waals surface area contributed by atoms with Crippen LogP contribution in [0.1, 0.15) is 83.7 Å². The number of aryl methyl sites for hydroxylation is 1. The number of ether oxygens (including phenoxy) is 1. The number of pyridine rings is 4. The normalized spacial score (nSPS) is 14.5. The number of nitrogens with two attached hydrogens (primary N) is 2. The number of nitrogens with zero attached hydrogens (tertiary/aromatic N) is 6. The fraction of sp³-hybridized carbons (Fsp3) is 0.250. The van der Waals surface area contributed by atoms with E-state index in [4.69, 9.17) is 26.3 Å². The highest BCUT2D eigenvalue weighted by Crippen LogP contribution is 2.44. The van der Waals surface area contributed by atoms with Gasteiger partial charge in [-0.05, 0) is 113 Å². The van der Waals surface area contributed by atoms with Crippen molar-refractivity contribution in [2.24, 2.45) is 11.6 Å². The van der Waals surface area contributed by atoms with Crippen LogP contribution in [0, 0.1) is 6.92 Å². The van der Waals surface area contributed by atoms with Gasteiger partial charge in [-0.25, -0.2) is 25.6 Å². The molecule has 352 valence electrons. The highest BCUT2D eigenvalue weighted by molar-refractivity contribution is 5.98. The van der Waals surface area contributed by atoms with Gasteiger partial charge in [0.1, 0.15) is 22.5 Å². The topological polar surface area (TPSA) is 171 Å². The van der Waals surface area contributed by atoms with Crippen molar-refractivity contribution in [3.8, 4) is 44.8 Å². The summed E-state index contributed by atoms with van der Waals surface area (Å²) in [4.78, 5) is 27.0. The second-order valence-corrected chi connectivity index (χ2v) is 18.8. The SMILES string of the molecule is C.CC(C)(C)OC(=O)NC1(c2ccc(-c3nc4c(NN)nccc4cc3-c3ccccc3)cc2)CCC1.Cc1nnc2c3nc(-c4ccc(C5(N)CCC5)cc4)c(-c4ccccc4)cc3ccn12.Cl. The van der Waals surface area contributed by atoms with Gasteiger partial charge < -0.3 is 21.2 Å². The summed E-state index contributed by atoms with van der Waals surface area (Å²) in [5, 5.41) is 13.8. The molecule has 0 unspecified atom stereocenters. The summed E-state index contributed by atoms with van der Waals surface area (Å²) in [6, 6.07) is 45.9. The Balaban J connectivity index is 0.000000182. The second kappa shape index (κ2) is 19.4. The van der Waals surface area contributed by atoms with Crippen molar-refractivity contribution in [2.75, 3.05) is 5.43 Å². The zero-order chi connectivity index (χ0) is 46.3. The van der Waals surface area contributed by atoms with Crippen LogP contribution in [0.2, 0.25) is 0 Å². The van der Waals surface area contributed by atoms with Crippen molar-refractivity contribution in [3.63, 3.8) is 0 Å². The van der Waals surface area contributed by atoms with Gasteiger partial charge in [-0.1, -0.05) is 117 Å². The Hall–Kier alpha value is -7.25. The summed E-state index contributed by atoms with van der Waals surface area (Å²) in [6.07, 6.45) is 9.48. The molecular weight excluding hydrogens is 880 g/mol. The molecule has 12 nitrogen and oxygen atoms in total. The molecule has 2 saturated carbocycles. The lowest BCUT2D eigenvalue weighted by Crippen LogP contribution is -2.52. The number of anilines is 1. The summed E-state index contributed by atoms with van der Waals surface area (Å²) in [5.74, 6) is 7.10. The van der Waals surface area contributed by atoms with E-state index in [1.807, 2.05) is 68.6 Å². The molecule has 11 rings (SSSR count). The molecule has 0 radical (unpaired) electrons. The van der Waals surface area contributed by atoms with Crippen LogP contribution in [0.25, 0.3) is 72.2 Å². The van der Waals surface area contributed by atoms with Crippen LogP contribution in [0.3, 0.4) is 0 Å². The Kier molecular flexibility index (Phi) is 13.6. The van der Waals surface area contributed by atoms with Gasteiger partial charge in [-0.2, -0.15) is 0 Å². The average Bonchev–Trinajstić information content (AvgIpc) is 3.71. The fourth-order valence-electron chi connectivity index (χ4n) is 9.29. The summed E-state index contributed by atoms with van der Waals surface area (Å²) in [7, 11) is 0. The van der Waals surface area contributed by atoms with E-state index in [9.17, 15) is 4.79 Å². The number of nitrogen functional groups attached to an aromatic ring is 1. The average molecular weight is 940 g/mol. The highest BCUT2D eigenvalue weighted by Gasteiger charge is 2.41. The number of hydrogen-bond donors (Lipinski definition) is 4. The van der Waals surface area contributed by atoms with Crippen molar-refractivity contribution in [1.29, 1.82) is 0 Å². The van der Waals surface area contributed by atoms with Crippen LogP contribution in [-0.2, 0) is 15.8 Å². The van der Waals surface area contributed by atoms with E-state index in [0.29, 0.717) is 11.3 Å². The van der Waals surface area contributed by atoms with E-state index in [2.05, 4.69) is 129 Å². The number of aromatic nitrogens is 6. The van der Waals surface area contributed by atoms with E-state index in [1.165, 1.54) is 12.0 Å². The summed E-state index contributed by atoms with van der Waals surface area (Å²) in [5.41, 5.74) is 20.9. The van der Waals surface area contributed by atoms with Crippen molar-refractivity contribution in [1.82, 2.24) is 34.9 Å². The molecule has 9 aromatic rings. The Labute approximate surface area is 409 Å². The zero-order valence-corrected chi connectivity index (χ0v) is 39.5. The van der Waals surface area contributed by atoms with Crippen LogP contribution in [0.4, 0.5) is 10.6 Å². The van der Waals surface area contributed by atoms with Crippen molar-refractivity contribution in [3.05, 3.63) is 163 Å². The first-order valence-electron chi connectivity index (χ1n) is 22.9. The maximum Gasteiger partial charge on any atom is 0.408 e. The number of rotatable bonds is 8. The molecule has 69 heavy (non-hydrogen) atoms. The summed E-state index contributed by atoms with van der Waals surface area (Å²) >= 11 is 0. The molecule has 2 aliphatic carbocycles. The third-order valence-electron chi connectivity index (χ3n) is 13.2. The molecule has 1 amide bonds. The van der Waals surface area contributed by atoms with Crippen molar-refractivity contribution in [2.45, 2.75) is 90.3 Å². The minimum Gasteiger partial charge on any atom is -0.444 e. The van der Waals surface area contributed by atoms with Gasteiger partial charge in [0.25, 0.3) is 0 Å². The molecular formula is C56H59ClN10O2. The molecule has 4 aromatic carbocycles. The quantitative estimate of drug-likeness (QED) is 0.0849. The number of carbonyl (C=O) groups excluding carboxylic acids is 1. The smallest absolute Gasteiger partial charge is 0.408 e. The predicted molar refractivity (Wildman–Crippen MR) is 281 cm³/mol. The first-order chi connectivity index (χ1) is 32.4. The monoisotopic (exact) mass is 938 g/mol. The maximum absolute atomic E-state index is 12.5. The number of alkyl carbamates (subject to hydrolysis) is 1. The van der Waals surface area contributed by atoms with E-state index < -0.39 is 11.1 Å². The number of hydrogen-bond acceptors (Lipinski definition) is 10. The van der Waals surface area contributed by atoms with Crippen LogP contribution in [0.5, 0.6) is 0 Å². The number of amides is 1. The van der Waals surface area contributed by atoms with E-state index in [1.54, 1.807) is 6.20 Å². The third kappa shape index (κ3) is 9.48. The number of hydrazine groups is 1. The lowest BCUT2D eigenvalue weighted by molar-refractivity contribution is 0.0377. The molecule has 0 saturated heterocycles. The van der Waals surface area contributed by atoms with E-state index >= 15 is 0 Å². The molecule has 5 heterocycles. The highest BCUT2D eigenvalue weighted by atomic mass is 35.5. The molecule has 0 spiro atoms. The number of carbonyl (C=O) groups is 1. The number of fused-ring (bicyclic) bond motifs is 4. The van der Waals surface area contributed by atoms with E-state index in [-0.39, 0.29) is 31.5 Å². The van der Waals surface area contributed by atoms with Crippen molar-refractivity contribution >= 4 is 51.8 Å². The van der Waals surface area contributed by atoms with Gasteiger partial charge in [0.05, 0.1) is 16.9 Å². The van der Waals surface area contributed by atoms with Crippen molar-refractivity contribution < 1.29 is 9.53 Å². The van der Waals surface area contributed by atoms with Crippen LogP contribution in [-0.4, -0.2) is 41.2 Å². The summed E-state index contributed by atoms with van der Waals surface area (Å²) < 4.78 is 7.51. The Morgan fingerprint density at radius 1 is 0.681 bits per heavy atom. The lowest BCUT2D eigenvalue weighted by Gasteiger charge is -2.43. The summed E-state index contributed by atoms with van der Waals surface area (Å²) in [6.45, 7) is 7.57. The van der Waals surface area contributed by atoms with Gasteiger partial charge in [-0.3, -0.25) is 4.40 Å². The minimum absolute atomic E-state index is 0. The second-order valence-electron chi connectivity index (χ2n) is 18.8. The van der Waals surface area contributed by atoms with Gasteiger partial charge in [0.15, 0.2) is 11.5 Å². The standard InChI is InChI=1S/C29H31N5O2.C26H23N5.CH4.ClH/c1-28(2,3)36-27(35)33-29(15-7-16-29)22-12-10-20(11-13-22)24-23(19-8-5-4-6-9-19)18-21-14-17-31-26(34-30)25(21)32-24;1-17-29-30-25-24-20(12-15-31(17)25)16-22(18-6-3-2-4-7-18)23(28-24)19-8-10-21(11-9-19)26(27)13-5-14-26;;/h4-6,8-14,17-18H,7,15-16,30H2,1-3H3,(H,31,34)(H,33,35);2-4,6-12,15-16H,5,13-14,27H2,1H3;1H4;1H. The molecule has 5 aromatic heterocycles. The first-order valence-corrected chi connectivity index (χ1v) is 22.9. The molecule has 0 atom stereocenters. The predicted octanol–water partition coefficient (Wildman–Crippen LogP) is 12.5. The Bertz CT molecular complexity index is 3260. The number of nitrogens with one attached hydrogen (secondary N) is 2. The lowest BCUT2D eigenvalue weighted by atomic mass is 9.71. The molecule has 13 heteroatoms. The fourth-order valence-corrected chi connectivity index (χ4v) is 9.29. The van der Waals surface area contributed by atoms with Gasteiger partial charge >= 0.3 is 6.09 Å². The molecule has 0 bridgehead atoms. The first kappa shape index (κ1) is 48.2. The minimum atomic E-state index is -0.541.